The Balaban J connectivity index is 0.000000140. The van der Waals surface area contributed by atoms with E-state index < -0.39 is 0 Å². The van der Waals surface area contributed by atoms with Gasteiger partial charge in [0.25, 0.3) is 0 Å². The predicted octanol–water partition coefficient (Wildman–Crippen LogP) is 8.15. The fourth-order valence-corrected chi connectivity index (χ4v) is 6.42. The summed E-state index contributed by atoms with van der Waals surface area (Å²) < 4.78 is 0. The number of fused-ring (bicyclic) bond motifs is 12. The molecule has 2 aromatic carbocycles. The molecule has 0 saturated carbocycles. The van der Waals surface area contributed by atoms with E-state index in [2.05, 4.69) is 103 Å². The van der Waals surface area contributed by atoms with E-state index >= 15 is 0 Å². The van der Waals surface area contributed by atoms with E-state index in [0.29, 0.717) is 0 Å². The van der Waals surface area contributed by atoms with Gasteiger partial charge >= 0.3 is 0 Å². The van der Waals surface area contributed by atoms with E-state index in [1.807, 2.05) is 60.0 Å². The monoisotopic (exact) mass is 703 g/mol. The molecule has 6 nitrogen and oxygen atoms in total. The van der Waals surface area contributed by atoms with Crippen LogP contribution in [0.5, 0.6) is 0 Å². The van der Waals surface area contributed by atoms with E-state index in [1.54, 1.807) is 23.7 Å². The minimum Gasteiger partial charge on any atom is -0.355 e. The number of thiophene rings is 1. The van der Waals surface area contributed by atoms with Gasteiger partial charge in [-0.1, -0.05) is 48.5 Å². The summed E-state index contributed by atoms with van der Waals surface area (Å²) in [6.45, 7) is 0. The van der Waals surface area contributed by atoms with Crippen LogP contribution >= 0.6 is 11.3 Å². The third kappa shape index (κ3) is 7.35. The molecular weight excluding hydrogens is 672 g/mol. The van der Waals surface area contributed by atoms with Crippen molar-refractivity contribution in [3.05, 3.63) is 155 Å². The third-order valence-corrected chi connectivity index (χ3v) is 8.65. The number of nitrogens with one attached hydrogen (secondary N) is 2. The van der Waals surface area contributed by atoms with Crippen LogP contribution in [0.15, 0.2) is 121 Å². The van der Waals surface area contributed by atoms with E-state index in [-0.39, 0.29) is 27.7 Å². The maximum Gasteiger partial charge on any atom is 0.141 e. The van der Waals surface area contributed by atoms with Gasteiger partial charge in [0.15, 0.2) is 0 Å². The van der Waals surface area contributed by atoms with Crippen molar-refractivity contribution in [2.75, 3.05) is 0 Å². The largest absolute Gasteiger partial charge is 0.355 e. The Morgan fingerprint density at radius 2 is 0.958 bits per heavy atom. The van der Waals surface area contributed by atoms with Gasteiger partial charge < -0.3 is 9.97 Å². The Morgan fingerprint density at radius 3 is 1.42 bits per heavy atom. The first kappa shape index (κ1) is 32.7. The average Bonchev–Trinajstić information content (AvgIpc) is 3.93. The molecule has 2 aliphatic heterocycles. The minimum absolute atomic E-state index is 0. The first-order valence-corrected chi connectivity index (χ1v) is 15.9. The summed E-state index contributed by atoms with van der Waals surface area (Å²) in [5.74, 6) is 0. The molecule has 0 unspecified atom stereocenters. The minimum atomic E-state index is 0. The first-order valence-electron chi connectivity index (χ1n) is 15.1. The second kappa shape index (κ2) is 14.7. The molecule has 3 aliphatic rings. The normalized spacial score (nSPS) is 11.6. The summed E-state index contributed by atoms with van der Waals surface area (Å²) in [5, 5.41) is 1.99. The van der Waals surface area contributed by atoms with Crippen molar-refractivity contribution in [2.24, 2.45) is 0 Å². The van der Waals surface area contributed by atoms with Gasteiger partial charge in [0.2, 0.25) is 0 Å². The van der Waals surface area contributed by atoms with Crippen molar-refractivity contribution in [1.29, 1.82) is 0 Å². The topological polar surface area (TPSA) is 83.1 Å². The van der Waals surface area contributed by atoms with Gasteiger partial charge in [0, 0.05) is 51.2 Å². The van der Waals surface area contributed by atoms with Crippen LogP contribution < -0.4 is 0 Å². The smallest absolute Gasteiger partial charge is 0.141 e. The molecule has 2 N–H and O–H groups in total. The molecular formula is C39H32CoN6SSi. The Bertz CT molecular complexity index is 2190. The summed E-state index contributed by atoms with van der Waals surface area (Å²) in [4.78, 5) is 25.2. The molecule has 0 amide bonds. The number of benzene rings is 2. The summed E-state index contributed by atoms with van der Waals surface area (Å²) in [5.41, 5.74) is 14.6. The molecule has 0 saturated heterocycles. The van der Waals surface area contributed by atoms with Gasteiger partial charge in [0.05, 0.1) is 28.3 Å². The van der Waals surface area contributed by atoms with Gasteiger partial charge in [-0.05, 0) is 124 Å². The molecule has 48 heavy (non-hydrogen) atoms. The number of nitrogens with zero attached hydrogens (tertiary/aromatic N) is 4. The standard InChI is InChI=1S/C20H14N4.C13H10.C6H4N2S.Co.H4Si/c1-2-14-10-16-5-6-18(23-16)12-20-8-7-19(24-20)11-17-4-3-15(22-17)9-13(1)21-14;1-3-7-12-10(5-1)9-11-6-2-4-8-13(11)12;1-4-9-6-5(1)7-2-3-8-6;;/h1-12,21,24H;1-8H,9H2;1-4H;;1H4. The van der Waals surface area contributed by atoms with Gasteiger partial charge in [-0.3, -0.25) is 4.98 Å². The fourth-order valence-electron chi connectivity index (χ4n) is 5.73. The van der Waals surface area contributed by atoms with Crippen LogP contribution in [0.2, 0.25) is 0 Å². The van der Waals surface area contributed by atoms with Gasteiger partial charge in [-0.15, -0.1) is 11.3 Å². The van der Waals surface area contributed by atoms with Crippen molar-refractivity contribution < 1.29 is 16.8 Å². The van der Waals surface area contributed by atoms with Crippen LogP contribution in [0.4, 0.5) is 0 Å². The maximum atomic E-state index is 4.63. The zero-order chi connectivity index (χ0) is 30.7. The maximum absolute atomic E-state index is 4.63. The van der Waals surface area contributed by atoms with E-state index in [0.717, 1.165) is 61.6 Å². The SMILES string of the molecule is C1=Cc2cc3ccc(cc4nc(cc5ccc(cc1n2)[nH]5)C=C4)[nH]3.[Co].[SiH4].c1ccc2c(c1)Cc1ccccc1-2.c1cnc2sccc2n1. The molecule has 0 fully saturated rings. The number of aromatic amines is 2. The number of hydrogen-bond acceptors (Lipinski definition) is 5. The number of H-pyrrole nitrogens is 2. The van der Waals surface area contributed by atoms with Crippen molar-refractivity contribution in [3.8, 4) is 11.1 Å². The quantitative estimate of drug-likeness (QED) is 0.156. The van der Waals surface area contributed by atoms with Crippen LogP contribution in [-0.2, 0) is 23.2 Å². The summed E-state index contributed by atoms with van der Waals surface area (Å²) >= 11 is 1.61. The van der Waals surface area contributed by atoms with Gasteiger partial charge in [-0.2, -0.15) is 0 Å². The molecule has 1 aliphatic carbocycles. The predicted molar refractivity (Wildman–Crippen MR) is 202 cm³/mol. The molecule has 7 heterocycles. The second-order valence-corrected chi connectivity index (χ2v) is 12.0. The number of rotatable bonds is 0. The Hall–Kier alpha value is -5.20. The Kier molecular flexibility index (Phi) is 10.0. The van der Waals surface area contributed by atoms with E-state index in [9.17, 15) is 0 Å². The fraction of sp³-hybridized carbons (Fsp3) is 0.0256. The zero-order valence-corrected chi connectivity index (χ0v) is 27.0. The molecule has 10 rings (SSSR count). The third-order valence-electron chi connectivity index (χ3n) is 7.84. The van der Waals surface area contributed by atoms with Crippen molar-refractivity contribution >= 4 is 79.0 Å². The molecule has 7 aromatic rings. The van der Waals surface area contributed by atoms with E-state index in [4.69, 9.17) is 0 Å². The molecule has 8 bridgehead atoms. The molecule has 237 valence electrons. The van der Waals surface area contributed by atoms with Crippen molar-refractivity contribution in [3.63, 3.8) is 0 Å². The average molecular weight is 704 g/mol. The summed E-state index contributed by atoms with van der Waals surface area (Å²) in [6, 6.07) is 35.6. The number of hydrogen-bond donors (Lipinski definition) is 2. The number of aromatic nitrogens is 6. The summed E-state index contributed by atoms with van der Waals surface area (Å²) in [7, 11) is 0. The molecule has 5 aromatic heterocycles. The van der Waals surface area contributed by atoms with E-state index in [1.165, 1.54) is 22.3 Å². The van der Waals surface area contributed by atoms with Crippen molar-refractivity contribution in [2.45, 2.75) is 6.42 Å². The van der Waals surface area contributed by atoms with Crippen LogP contribution in [-0.4, -0.2) is 40.9 Å². The van der Waals surface area contributed by atoms with Crippen LogP contribution in [0, 0.1) is 0 Å². The molecule has 1 radical (unpaired) electrons. The van der Waals surface area contributed by atoms with Gasteiger partial charge in [0.1, 0.15) is 4.83 Å². The van der Waals surface area contributed by atoms with Crippen LogP contribution in [0.25, 0.3) is 67.8 Å². The van der Waals surface area contributed by atoms with Gasteiger partial charge in [-0.25, -0.2) is 15.0 Å². The van der Waals surface area contributed by atoms with Crippen molar-refractivity contribution in [1.82, 2.24) is 29.9 Å². The van der Waals surface area contributed by atoms with Crippen LogP contribution in [0.1, 0.15) is 33.9 Å². The van der Waals surface area contributed by atoms with Crippen LogP contribution in [0.3, 0.4) is 0 Å². The zero-order valence-electron chi connectivity index (χ0n) is 25.1. The summed E-state index contributed by atoms with van der Waals surface area (Å²) in [6.07, 6.45) is 12.6. The Morgan fingerprint density at radius 1 is 0.521 bits per heavy atom. The second-order valence-electron chi connectivity index (χ2n) is 11.1. The Labute approximate surface area is 296 Å². The molecule has 0 spiro atoms. The molecule has 0 atom stereocenters. The first-order chi connectivity index (χ1) is 22.7. The molecule has 9 heteroatoms.